The van der Waals surface area contributed by atoms with Crippen LogP contribution in [0.3, 0.4) is 0 Å². The molecule has 0 fully saturated rings. The zero-order valence-electron chi connectivity index (χ0n) is 10.6. The van der Waals surface area contributed by atoms with Crippen molar-refractivity contribution in [2.45, 2.75) is 12.8 Å². The van der Waals surface area contributed by atoms with Gasteiger partial charge in [-0.15, -0.1) is 11.3 Å². The summed E-state index contributed by atoms with van der Waals surface area (Å²) in [5, 5.41) is 14.5. The smallest absolute Gasteiger partial charge is 0.335 e. The fourth-order valence-corrected chi connectivity index (χ4v) is 2.67. The number of carboxylic acid groups (broad SMARTS) is 1. The lowest BCUT2D eigenvalue weighted by atomic mass is 10.0. The fourth-order valence-electron chi connectivity index (χ4n) is 1.96. The molecule has 0 saturated heterocycles. The molecule has 0 unspecified atom stereocenters. The molecule has 2 rings (SSSR count). The Labute approximate surface area is 116 Å². The van der Waals surface area contributed by atoms with E-state index in [0.29, 0.717) is 5.56 Å². The summed E-state index contributed by atoms with van der Waals surface area (Å²) in [6, 6.07) is 11.4. The number of benzene rings is 1. The van der Waals surface area contributed by atoms with Crippen molar-refractivity contribution >= 4 is 17.3 Å². The van der Waals surface area contributed by atoms with Crippen LogP contribution in [0.25, 0.3) is 0 Å². The van der Waals surface area contributed by atoms with Gasteiger partial charge in [-0.05, 0) is 49.0 Å². The molecule has 3 nitrogen and oxygen atoms in total. The van der Waals surface area contributed by atoms with Gasteiger partial charge < -0.3 is 10.4 Å². The number of hydrogen-bond acceptors (Lipinski definition) is 3. The molecule has 4 heteroatoms. The zero-order chi connectivity index (χ0) is 13.5. The van der Waals surface area contributed by atoms with Gasteiger partial charge in [0.2, 0.25) is 0 Å². The van der Waals surface area contributed by atoms with Crippen molar-refractivity contribution in [1.29, 1.82) is 0 Å². The second kappa shape index (κ2) is 7.07. The van der Waals surface area contributed by atoms with Crippen LogP contribution in [0.4, 0.5) is 0 Å². The highest BCUT2D eigenvalue weighted by Gasteiger charge is 2.07. The Kier molecular flexibility index (Phi) is 5.12. The maximum atomic E-state index is 11.0. The minimum absolute atomic E-state index is 0.405. The molecule has 19 heavy (non-hydrogen) atoms. The van der Waals surface area contributed by atoms with Gasteiger partial charge in [-0.3, -0.25) is 0 Å². The summed E-state index contributed by atoms with van der Waals surface area (Å²) < 4.78 is 0. The monoisotopic (exact) mass is 275 g/mol. The Morgan fingerprint density at radius 2 is 1.89 bits per heavy atom. The second-order valence-electron chi connectivity index (χ2n) is 4.29. The van der Waals surface area contributed by atoms with E-state index in [1.165, 1.54) is 4.88 Å². The average Bonchev–Trinajstić information content (AvgIpc) is 2.92. The average molecular weight is 275 g/mol. The zero-order valence-corrected chi connectivity index (χ0v) is 11.5. The summed E-state index contributed by atoms with van der Waals surface area (Å²) >= 11 is 1.77. The number of nitrogens with one attached hydrogen (secondary N) is 1. The minimum atomic E-state index is -0.853. The van der Waals surface area contributed by atoms with Crippen molar-refractivity contribution in [3.63, 3.8) is 0 Å². The van der Waals surface area contributed by atoms with Crippen LogP contribution < -0.4 is 5.32 Å². The number of carboxylic acids is 1. The molecule has 0 aliphatic rings. The highest BCUT2D eigenvalue weighted by atomic mass is 32.1. The molecule has 1 aromatic heterocycles. The van der Waals surface area contributed by atoms with Gasteiger partial charge in [0.15, 0.2) is 0 Å². The Morgan fingerprint density at radius 3 is 2.63 bits per heavy atom. The largest absolute Gasteiger partial charge is 0.478 e. The van der Waals surface area contributed by atoms with E-state index >= 15 is 0 Å². The highest BCUT2D eigenvalue weighted by molar-refractivity contribution is 7.09. The number of rotatable bonds is 7. The second-order valence-corrected chi connectivity index (χ2v) is 5.32. The van der Waals surface area contributed by atoms with Gasteiger partial charge >= 0.3 is 5.97 Å². The number of carbonyl (C=O) groups is 1. The van der Waals surface area contributed by atoms with Crippen LogP contribution in [0.5, 0.6) is 0 Å². The maximum Gasteiger partial charge on any atom is 0.335 e. The molecule has 0 bridgehead atoms. The quantitative estimate of drug-likeness (QED) is 0.764. The molecular weight excluding hydrogens is 258 g/mol. The predicted molar refractivity (Wildman–Crippen MR) is 78.0 cm³/mol. The van der Waals surface area contributed by atoms with E-state index in [0.717, 1.165) is 31.5 Å². The molecule has 2 aromatic rings. The van der Waals surface area contributed by atoms with Gasteiger partial charge in [0.05, 0.1) is 5.56 Å². The summed E-state index contributed by atoms with van der Waals surface area (Å²) in [6.45, 7) is 1.73. The Hall–Kier alpha value is -1.65. The summed E-state index contributed by atoms with van der Waals surface area (Å²) in [5.41, 5.74) is 1.29. The van der Waals surface area contributed by atoms with E-state index < -0.39 is 5.97 Å². The van der Waals surface area contributed by atoms with Crippen LogP contribution in [0.2, 0.25) is 0 Å². The van der Waals surface area contributed by atoms with Crippen LogP contribution in [-0.4, -0.2) is 24.2 Å². The van der Waals surface area contributed by atoms with E-state index in [1.807, 2.05) is 12.1 Å². The van der Waals surface area contributed by atoms with Crippen molar-refractivity contribution in [3.8, 4) is 0 Å². The first-order valence-corrected chi connectivity index (χ1v) is 7.19. The number of thiophene rings is 1. The normalized spacial score (nSPS) is 10.5. The third-order valence-corrected chi connectivity index (χ3v) is 3.88. The predicted octanol–water partition coefficient (Wildman–Crippen LogP) is 2.82. The van der Waals surface area contributed by atoms with Crippen LogP contribution in [0.1, 0.15) is 20.8 Å². The van der Waals surface area contributed by atoms with E-state index in [9.17, 15) is 4.79 Å². The number of aromatic carboxylic acids is 1. The maximum absolute atomic E-state index is 11.0. The lowest BCUT2D eigenvalue weighted by molar-refractivity contribution is 0.0695. The topological polar surface area (TPSA) is 49.3 Å². The first-order chi connectivity index (χ1) is 9.27. The van der Waals surface area contributed by atoms with E-state index in [2.05, 4.69) is 22.8 Å². The van der Waals surface area contributed by atoms with Gasteiger partial charge in [-0.1, -0.05) is 24.3 Å². The third-order valence-electron chi connectivity index (χ3n) is 2.95. The van der Waals surface area contributed by atoms with Crippen molar-refractivity contribution in [2.75, 3.05) is 13.1 Å². The molecule has 1 aromatic carbocycles. The highest BCUT2D eigenvalue weighted by Crippen LogP contribution is 2.10. The lowest BCUT2D eigenvalue weighted by Crippen LogP contribution is -2.20. The molecular formula is C15H17NO2S. The number of hydrogen-bond donors (Lipinski definition) is 2. The van der Waals surface area contributed by atoms with Crippen molar-refractivity contribution in [1.82, 2.24) is 5.32 Å². The van der Waals surface area contributed by atoms with Crippen LogP contribution in [0, 0.1) is 0 Å². The van der Waals surface area contributed by atoms with Gasteiger partial charge in [0, 0.05) is 4.88 Å². The molecule has 0 aliphatic heterocycles. The standard InChI is InChI=1S/C15H17NO2S/c17-15(18)14-6-2-1-4-12(14)7-9-16-10-8-13-5-3-11-19-13/h1-6,11,16H,7-10H2,(H,17,18). The third kappa shape index (κ3) is 4.19. The molecule has 0 aliphatic carbocycles. The molecule has 0 saturated carbocycles. The Balaban J connectivity index is 1.75. The molecule has 1 heterocycles. The van der Waals surface area contributed by atoms with Gasteiger partial charge in [-0.25, -0.2) is 4.79 Å². The van der Waals surface area contributed by atoms with Gasteiger partial charge in [0.1, 0.15) is 0 Å². The van der Waals surface area contributed by atoms with Crippen LogP contribution >= 0.6 is 11.3 Å². The van der Waals surface area contributed by atoms with Crippen LogP contribution in [0.15, 0.2) is 41.8 Å². The summed E-state index contributed by atoms with van der Waals surface area (Å²) in [7, 11) is 0. The summed E-state index contributed by atoms with van der Waals surface area (Å²) in [5.74, 6) is -0.853. The van der Waals surface area contributed by atoms with Crippen molar-refractivity contribution < 1.29 is 9.90 Å². The van der Waals surface area contributed by atoms with Crippen LogP contribution in [-0.2, 0) is 12.8 Å². The van der Waals surface area contributed by atoms with Crippen molar-refractivity contribution in [3.05, 3.63) is 57.8 Å². The first kappa shape index (κ1) is 13.8. The van der Waals surface area contributed by atoms with E-state index in [-0.39, 0.29) is 0 Å². The van der Waals surface area contributed by atoms with Gasteiger partial charge in [-0.2, -0.15) is 0 Å². The Morgan fingerprint density at radius 1 is 1.11 bits per heavy atom. The molecule has 100 valence electrons. The molecule has 0 atom stereocenters. The molecule has 2 N–H and O–H groups in total. The first-order valence-electron chi connectivity index (χ1n) is 6.31. The van der Waals surface area contributed by atoms with Crippen molar-refractivity contribution in [2.24, 2.45) is 0 Å². The summed E-state index contributed by atoms with van der Waals surface area (Å²) in [4.78, 5) is 12.4. The SMILES string of the molecule is O=C(O)c1ccccc1CCNCCc1cccs1. The molecule has 0 amide bonds. The molecule has 0 radical (unpaired) electrons. The molecule has 0 spiro atoms. The Bertz CT molecular complexity index is 523. The van der Waals surface area contributed by atoms with E-state index in [1.54, 1.807) is 23.5 Å². The minimum Gasteiger partial charge on any atom is -0.478 e. The fraction of sp³-hybridized carbons (Fsp3) is 0.267. The van der Waals surface area contributed by atoms with Gasteiger partial charge in [0.25, 0.3) is 0 Å². The van der Waals surface area contributed by atoms with E-state index in [4.69, 9.17) is 5.11 Å². The summed E-state index contributed by atoms with van der Waals surface area (Å²) in [6.07, 6.45) is 1.77. The lowest BCUT2D eigenvalue weighted by Gasteiger charge is -2.07.